The van der Waals surface area contributed by atoms with E-state index in [1.807, 2.05) is 0 Å². The molecule has 6 nitrogen and oxygen atoms in total. The summed E-state index contributed by atoms with van der Waals surface area (Å²) in [4.78, 5) is 14.3. The predicted molar refractivity (Wildman–Crippen MR) is 54.7 cm³/mol. The summed E-state index contributed by atoms with van der Waals surface area (Å²) in [5, 5.41) is 3.71. The number of aromatic nitrogens is 2. The number of nitrogens with zero attached hydrogens (tertiary/aromatic N) is 2. The van der Waals surface area contributed by atoms with Crippen molar-refractivity contribution in [1.29, 1.82) is 0 Å². The lowest BCUT2D eigenvalue weighted by Crippen LogP contribution is -2.24. The Morgan fingerprint density at radius 3 is 3.00 bits per heavy atom. The van der Waals surface area contributed by atoms with Gasteiger partial charge in [0, 0.05) is 5.92 Å². The molecule has 1 aromatic rings. The van der Waals surface area contributed by atoms with Gasteiger partial charge in [0.1, 0.15) is 6.29 Å². The quantitative estimate of drug-likeness (QED) is 0.700. The summed E-state index contributed by atoms with van der Waals surface area (Å²) in [5.74, 6) is 0.770. The Kier molecular flexibility index (Phi) is 3.04. The molecule has 1 fully saturated rings. The van der Waals surface area contributed by atoms with E-state index in [1.165, 1.54) is 0 Å². The van der Waals surface area contributed by atoms with Crippen molar-refractivity contribution in [1.82, 2.24) is 10.1 Å². The van der Waals surface area contributed by atoms with E-state index in [0.29, 0.717) is 18.5 Å². The fourth-order valence-electron chi connectivity index (χ4n) is 1.81. The summed E-state index contributed by atoms with van der Waals surface area (Å²) in [5.41, 5.74) is 0. The van der Waals surface area contributed by atoms with Crippen molar-refractivity contribution in [2.45, 2.75) is 25.2 Å². The number of sulfone groups is 1. The smallest absolute Gasteiger partial charge is 0.233 e. The number of carbonyl (C=O) groups is 1. The molecule has 2 heterocycles. The highest BCUT2D eigenvalue weighted by atomic mass is 32.2. The first-order valence-corrected chi connectivity index (χ1v) is 6.89. The van der Waals surface area contributed by atoms with Gasteiger partial charge in [-0.05, 0) is 12.8 Å². The van der Waals surface area contributed by atoms with Gasteiger partial charge in [0.05, 0.1) is 17.9 Å². The third-order valence-electron chi connectivity index (χ3n) is 2.57. The molecular formula is C9H12N2O4S. The monoisotopic (exact) mass is 244 g/mol. The maximum absolute atomic E-state index is 11.4. The van der Waals surface area contributed by atoms with Gasteiger partial charge in [-0.3, -0.25) is 0 Å². The lowest BCUT2D eigenvalue weighted by Gasteiger charge is -2.18. The molecule has 0 amide bonds. The van der Waals surface area contributed by atoms with E-state index in [-0.39, 0.29) is 29.7 Å². The van der Waals surface area contributed by atoms with Crippen LogP contribution in [0.1, 0.15) is 30.5 Å². The Morgan fingerprint density at radius 2 is 2.31 bits per heavy atom. The fraction of sp³-hybridized carbons (Fsp3) is 0.667. The molecule has 1 aromatic heterocycles. The minimum Gasteiger partial charge on any atom is -0.339 e. The Labute approximate surface area is 93.0 Å². The highest BCUT2D eigenvalue weighted by molar-refractivity contribution is 7.91. The number of carbonyl (C=O) groups excluding carboxylic acids is 1. The summed E-state index contributed by atoms with van der Waals surface area (Å²) in [6.45, 7) is 0. The standard InChI is InChI=1S/C9H12N2O4S/c12-4-3-8-10-9(11-15-8)7-2-1-5-16(13,14)6-7/h4,7H,1-3,5-6H2. The molecule has 0 saturated carbocycles. The van der Waals surface area contributed by atoms with E-state index in [9.17, 15) is 13.2 Å². The molecule has 1 aliphatic rings. The molecule has 0 N–H and O–H groups in total. The van der Waals surface area contributed by atoms with Gasteiger partial charge in [-0.1, -0.05) is 5.16 Å². The van der Waals surface area contributed by atoms with Crippen LogP contribution in [0, 0.1) is 0 Å². The van der Waals surface area contributed by atoms with Crippen molar-refractivity contribution in [3.05, 3.63) is 11.7 Å². The zero-order valence-electron chi connectivity index (χ0n) is 8.63. The van der Waals surface area contributed by atoms with E-state index in [4.69, 9.17) is 4.52 Å². The van der Waals surface area contributed by atoms with Crippen LogP contribution in [0.15, 0.2) is 4.52 Å². The molecule has 0 spiro atoms. The van der Waals surface area contributed by atoms with Crippen molar-refractivity contribution in [2.24, 2.45) is 0 Å². The van der Waals surface area contributed by atoms with Crippen LogP contribution < -0.4 is 0 Å². The van der Waals surface area contributed by atoms with Crippen molar-refractivity contribution >= 4 is 16.1 Å². The third kappa shape index (κ3) is 2.46. The Morgan fingerprint density at radius 1 is 1.50 bits per heavy atom. The van der Waals surface area contributed by atoms with Crippen LogP contribution in [0.25, 0.3) is 0 Å². The lowest BCUT2D eigenvalue weighted by molar-refractivity contribution is -0.107. The highest BCUT2D eigenvalue weighted by Crippen LogP contribution is 2.26. The van der Waals surface area contributed by atoms with Crippen LogP contribution in [0.4, 0.5) is 0 Å². The Bertz CT molecular complexity index is 479. The Hall–Kier alpha value is -1.24. The molecule has 16 heavy (non-hydrogen) atoms. The molecule has 0 aliphatic carbocycles. The zero-order chi connectivity index (χ0) is 11.6. The molecule has 0 aromatic carbocycles. The molecule has 1 saturated heterocycles. The first kappa shape index (κ1) is 11.3. The maximum Gasteiger partial charge on any atom is 0.233 e. The van der Waals surface area contributed by atoms with Crippen molar-refractivity contribution in [3.8, 4) is 0 Å². The minimum atomic E-state index is -2.97. The van der Waals surface area contributed by atoms with Gasteiger partial charge in [0.2, 0.25) is 5.89 Å². The maximum atomic E-state index is 11.4. The minimum absolute atomic E-state index is 0.0759. The van der Waals surface area contributed by atoms with Gasteiger partial charge < -0.3 is 9.32 Å². The average Bonchev–Trinajstić information content (AvgIpc) is 2.65. The second-order valence-corrected chi connectivity index (χ2v) is 6.10. The molecule has 88 valence electrons. The SMILES string of the molecule is O=CCc1nc(C2CCCS(=O)(=O)C2)no1. The average molecular weight is 244 g/mol. The first-order valence-electron chi connectivity index (χ1n) is 5.07. The summed E-state index contributed by atoms with van der Waals surface area (Å²) in [6.07, 6.45) is 2.13. The lowest BCUT2D eigenvalue weighted by atomic mass is 10.1. The molecule has 1 atom stereocenters. The molecule has 1 unspecified atom stereocenters. The number of hydrogen-bond acceptors (Lipinski definition) is 6. The molecule has 7 heteroatoms. The van der Waals surface area contributed by atoms with E-state index in [0.717, 1.165) is 6.42 Å². The topological polar surface area (TPSA) is 90.1 Å². The normalized spacial score (nSPS) is 24.1. The second-order valence-electron chi connectivity index (χ2n) is 3.87. The molecule has 2 rings (SSSR count). The highest BCUT2D eigenvalue weighted by Gasteiger charge is 2.29. The van der Waals surface area contributed by atoms with Gasteiger partial charge in [0.15, 0.2) is 15.7 Å². The van der Waals surface area contributed by atoms with Crippen molar-refractivity contribution in [3.63, 3.8) is 0 Å². The Balaban J connectivity index is 2.14. The van der Waals surface area contributed by atoms with Crippen molar-refractivity contribution in [2.75, 3.05) is 11.5 Å². The summed E-state index contributed by atoms with van der Waals surface area (Å²) >= 11 is 0. The van der Waals surface area contributed by atoms with Gasteiger partial charge in [-0.2, -0.15) is 4.98 Å². The van der Waals surface area contributed by atoms with Crippen LogP contribution in [0.5, 0.6) is 0 Å². The van der Waals surface area contributed by atoms with Crippen molar-refractivity contribution < 1.29 is 17.7 Å². The number of rotatable bonds is 3. The van der Waals surface area contributed by atoms with E-state index < -0.39 is 9.84 Å². The summed E-state index contributed by atoms with van der Waals surface area (Å²) < 4.78 is 27.7. The van der Waals surface area contributed by atoms with Gasteiger partial charge in [0.25, 0.3) is 0 Å². The first-order chi connectivity index (χ1) is 7.61. The van der Waals surface area contributed by atoms with Crippen LogP contribution >= 0.6 is 0 Å². The summed E-state index contributed by atoms with van der Waals surface area (Å²) in [7, 11) is -2.97. The van der Waals surface area contributed by atoms with Crippen LogP contribution in [0.3, 0.4) is 0 Å². The largest absolute Gasteiger partial charge is 0.339 e. The third-order valence-corrected chi connectivity index (χ3v) is 4.39. The molecular weight excluding hydrogens is 232 g/mol. The van der Waals surface area contributed by atoms with E-state index in [1.54, 1.807) is 0 Å². The van der Waals surface area contributed by atoms with Crippen LogP contribution in [-0.4, -0.2) is 36.4 Å². The summed E-state index contributed by atoms with van der Waals surface area (Å²) in [6, 6.07) is 0. The van der Waals surface area contributed by atoms with Gasteiger partial charge in [-0.15, -0.1) is 0 Å². The molecule has 1 aliphatic heterocycles. The van der Waals surface area contributed by atoms with Gasteiger partial charge >= 0.3 is 0 Å². The molecule has 0 bridgehead atoms. The van der Waals surface area contributed by atoms with Crippen LogP contribution in [0.2, 0.25) is 0 Å². The molecule has 0 radical (unpaired) electrons. The number of hydrogen-bond donors (Lipinski definition) is 0. The predicted octanol–water partition coefficient (Wildman–Crippen LogP) is 0.103. The zero-order valence-corrected chi connectivity index (χ0v) is 9.44. The van der Waals surface area contributed by atoms with Crippen LogP contribution in [-0.2, 0) is 21.1 Å². The van der Waals surface area contributed by atoms with E-state index in [2.05, 4.69) is 10.1 Å². The second kappa shape index (κ2) is 4.32. The van der Waals surface area contributed by atoms with E-state index >= 15 is 0 Å². The van der Waals surface area contributed by atoms with Gasteiger partial charge in [-0.25, -0.2) is 8.42 Å². The fourth-order valence-corrected chi connectivity index (χ4v) is 3.52. The number of aldehydes is 1.